The average molecular weight is 202 g/mol. The highest BCUT2D eigenvalue weighted by Gasteiger charge is 1.99. The first-order valence-electron chi connectivity index (χ1n) is 5.03. The van der Waals surface area contributed by atoms with E-state index in [9.17, 15) is 0 Å². The molecule has 1 rings (SSSR count). The molecule has 0 fully saturated rings. The highest BCUT2D eigenvalue weighted by molar-refractivity contribution is 5.96. The molecule has 0 aromatic heterocycles. The number of benzene rings is 1. The summed E-state index contributed by atoms with van der Waals surface area (Å²) in [5, 5.41) is 0. The molecule has 0 aliphatic rings. The summed E-state index contributed by atoms with van der Waals surface area (Å²) in [5.74, 6) is 0. The van der Waals surface area contributed by atoms with Gasteiger partial charge in [-0.1, -0.05) is 24.3 Å². The highest BCUT2D eigenvalue weighted by atomic mass is 15.1. The Morgan fingerprint density at radius 1 is 1.27 bits per heavy atom. The van der Waals surface area contributed by atoms with Gasteiger partial charge in [0.15, 0.2) is 0 Å². The van der Waals surface area contributed by atoms with E-state index in [0.29, 0.717) is 0 Å². The molecule has 0 atom stereocenters. The van der Waals surface area contributed by atoms with Crippen LogP contribution in [0.3, 0.4) is 0 Å². The second-order valence-corrected chi connectivity index (χ2v) is 3.65. The lowest BCUT2D eigenvalue weighted by Gasteiger charge is -2.15. The van der Waals surface area contributed by atoms with E-state index in [0.717, 1.165) is 5.71 Å². The van der Waals surface area contributed by atoms with Crippen molar-refractivity contribution in [2.24, 2.45) is 4.99 Å². The van der Waals surface area contributed by atoms with E-state index in [2.05, 4.69) is 28.1 Å². The molecule has 0 saturated carbocycles. The molecule has 0 unspecified atom stereocenters. The van der Waals surface area contributed by atoms with Crippen molar-refractivity contribution in [1.82, 2.24) is 0 Å². The molecule has 0 N–H and O–H groups in total. The van der Waals surface area contributed by atoms with Crippen LogP contribution in [0.15, 0.2) is 35.3 Å². The molecule has 0 aliphatic heterocycles. The van der Waals surface area contributed by atoms with Crippen molar-refractivity contribution in [3.05, 3.63) is 35.9 Å². The Labute approximate surface area is 92.0 Å². The number of allylic oxidation sites excluding steroid dienone is 1. The molecule has 0 spiro atoms. The SMILES string of the molecule is C/N=C(C)/C=C/c1ccccc1N(C)C. The Hall–Kier alpha value is -1.57. The molecule has 1 aromatic rings. The van der Waals surface area contributed by atoms with Crippen LogP contribution in [0.25, 0.3) is 6.08 Å². The molecule has 0 heterocycles. The number of hydrogen-bond acceptors (Lipinski definition) is 2. The number of rotatable bonds is 3. The average Bonchev–Trinajstić information content (AvgIpc) is 2.26. The smallest absolute Gasteiger partial charge is 0.0434 e. The van der Waals surface area contributed by atoms with Crippen molar-refractivity contribution in [3.63, 3.8) is 0 Å². The Morgan fingerprint density at radius 3 is 2.53 bits per heavy atom. The van der Waals surface area contributed by atoms with Crippen molar-refractivity contribution >= 4 is 17.5 Å². The number of aliphatic imine (C=N–C) groups is 1. The largest absolute Gasteiger partial charge is 0.377 e. The van der Waals surface area contributed by atoms with Gasteiger partial charge in [-0.3, -0.25) is 4.99 Å². The fourth-order valence-corrected chi connectivity index (χ4v) is 1.32. The lowest BCUT2D eigenvalue weighted by atomic mass is 10.1. The maximum absolute atomic E-state index is 4.09. The third-order valence-corrected chi connectivity index (χ3v) is 2.28. The summed E-state index contributed by atoms with van der Waals surface area (Å²) in [6.07, 6.45) is 4.12. The van der Waals surface area contributed by atoms with E-state index < -0.39 is 0 Å². The maximum atomic E-state index is 4.09. The number of hydrogen-bond donors (Lipinski definition) is 0. The van der Waals surface area contributed by atoms with E-state index in [1.54, 1.807) is 7.05 Å². The van der Waals surface area contributed by atoms with Gasteiger partial charge in [-0.15, -0.1) is 0 Å². The standard InChI is InChI=1S/C13H18N2/c1-11(14-2)9-10-12-7-5-6-8-13(12)15(3)4/h5-10H,1-4H3/b10-9+,14-11+. The molecule has 1 aromatic carbocycles. The summed E-state index contributed by atoms with van der Waals surface area (Å²) < 4.78 is 0. The van der Waals surface area contributed by atoms with E-state index in [1.807, 2.05) is 39.2 Å². The Balaban J connectivity index is 2.99. The Bertz CT molecular complexity index is 376. The summed E-state index contributed by atoms with van der Waals surface area (Å²) >= 11 is 0. The van der Waals surface area contributed by atoms with Gasteiger partial charge in [0.25, 0.3) is 0 Å². The fraction of sp³-hybridized carbons (Fsp3) is 0.308. The molecule has 2 heteroatoms. The zero-order valence-electron chi connectivity index (χ0n) is 9.86. The van der Waals surface area contributed by atoms with Crippen LogP contribution in [-0.2, 0) is 0 Å². The van der Waals surface area contributed by atoms with Crippen molar-refractivity contribution in [2.75, 3.05) is 26.0 Å². The number of anilines is 1. The van der Waals surface area contributed by atoms with Crippen molar-refractivity contribution in [3.8, 4) is 0 Å². The second-order valence-electron chi connectivity index (χ2n) is 3.65. The van der Waals surface area contributed by atoms with Gasteiger partial charge in [0, 0.05) is 32.5 Å². The van der Waals surface area contributed by atoms with Crippen LogP contribution in [0, 0.1) is 0 Å². The molecule has 80 valence electrons. The number of para-hydroxylation sites is 1. The first kappa shape index (κ1) is 11.5. The summed E-state index contributed by atoms with van der Waals surface area (Å²) in [7, 11) is 5.90. The quantitative estimate of drug-likeness (QED) is 0.688. The predicted molar refractivity (Wildman–Crippen MR) is 68.8 cm³/mol. The van der Waals surface area contributed by atoms with Crippen LogP contribution in [0.5, 0.6) is 0 Å². The Kier molecular flexibility index (Phi) is 4.10. The molecular formula is C13H18N2. The van der Waals surface area contributed by atoms with Crippen molar-refractivity contribution < 1.29 is 0 Å². The van der Waals surface area contributed by atoms with Gasteiger partial charge >= 0.3 is 0 Å². The lowest BCUT2D eigenvalue weighted by molar-refractivity contribution is 1.13. The molecule has 0 aliphatic carbocycles. The normalized spacial score (nSPS) is 12.1. The minimum atomic E-state index is 1.03. The van der Waals surface area contributed by atoms with Crippen LogP contribution in [0.1, 0.15) is 12.5 Å². The van der Waals surface area contributed by atoms with E-state index in [1.165, 1.54) is 11.3 Å². The molecule has 0 saturated heterocycles. The molecule has 2 nitrogen and oxygen atoms in total. The zero-order chi connectivity index (χ0) is 11.3. The monoisotopic (exact) mass is 202 g/mol. The van der Waals surface area contributed by atoms with Gasteiger partial charge in [-0.05, 0) is 24.6 Å². The number of nitrogens with zero attached hydrogens (tertiary/aromatic N) is 2. The van der Waals surface area contributed by atoms with E-state index in [-0.39, 0.29) is 0 Å². The van der Waals surface area contributed by atoms with Crippen LogP contribution >= 0.6 is 0 Å². The predicted octanol–water partition coefficient (Wildman–Crippen LogP) is 2.86. The summed E-state index contributed by atoms with van der Waals surface area (Å²) in [6, 6.07) is 8.31. The molecule has 0 bridgehead atoms. The van der Waals surface area contributed by atoms with Gasteiger partial charge in [0.05, 0.1) is 0 Å². The minimum absolute atomic E-state index is 1.03. The van der Waals surface area contributed by atoms with Crippen LogP contribution in [0.2, 0.25) is 0 Å². The molecule has 0 radical (unpaired) electrons. The van der Waals surface area contributed by atoms with Crippen molar-refractivity contribution in [2.45, 2.75) is 6.92 Å². The minimum Gasteiger partial charge on any atom is -0.377 e. The second kappa shape index (κ2) is 5.35. The third-order valence-electron chi connectivity index (χ3n) is 2.28. The van der Waals surface area contributed by atoms with Crippen LogP contribution in [-0.4, -0.2) is 26.9 Å². The maximum Gasteiger partial charge on any atom is 0.0434 e. The van der Waals surface area contributed by atoms with Gasteiger partial charge in [-0.2, -0.15) is 0 Å². The third kappa shape index (κ3) is 3.24. The molecule has 0 amide bonds. The topological polar surface area (TPSA) is 15.6 Å². The lowest BCUT2D eigenvalue weighted by Crippen LogP contribution is -2.09. The van der Waals surface area contributed by atoms with Gasteiger partial charge in [0.2, 0.25) is 0 Å². The summed E-state index contributed by atoms with van der Waals surface area (Å²) in [5.41, 5.74) is 3.46. The van der Waals surface area contributed by atoms with Crippen LogP contribution in [0.4, 0.5) is 5.69 Å². The van der Waals surface area contributed by atoms with Gasteiger partial charge in [0.1, 0.15) is 0 Å². The zero-order valence-corrected chi connectivity index (χ0v) is 9.86. The molecular weight excluding hydrogens is 184 g/mol. The summed E-state index contributed by atoms with van der Waals surface area (Å²) in [4.78, 5) is 6.20. The first-order chi connectivity index (χ1) is 7.15. The Morgan fingerprint density at radius 2 is 1.93 bits per heavy atom. The summed E-state index contributed by atoms with van der Waals surface area (Å²) in [6.45, 7) is 1.99. The highest BCUT2D eigenvalue weighted by Crippen LogP contribution is 2.19. The van der Waals surface area contributed by atoms with E-state index >= 15 is 0 Å². The van der Waals surface area contributed by atoms with Gasteiger partial charge in [-0.25, -0.2) is 0 Å². The van der Waals surface area contributed by atoms with Crippen LogP contribution < -0.4 is 4.90 Å². The first-order valence-corrected chi connectivity index (χ1v) is 5.03. The van der Waals surface area contributed by atoms with Crippen molar-refractivity contribution in [1.29, 1.82) is 0 Å². The van der Waals surface area contributed by atoms with Gasteiger partial charge < -0.3 is 4.90 Å². The van der Waals surface area contributed by atoms with E-state index in [4.69, 9.17) is 0 Å². The molecule has 15 heavy (non-hydrogen) atoms. The fourth-order valence-electron chi connectivity index (χ4n) is 1.32.